The molecule has 0 unspecified atom stereocenters. The van der Waals surface area contributed by atoms with Crippen LogP contribution in [-0.4, -0.2) is 34.0 Å². The molecule has 0 aliphatic carbocycles. The Morgan fingerprint density at radius 3 is 2.59 bits per heavy atom. The summed E-state index contributed by atoms with van der Waals surface area (Å²) in [4.78, 5) is 30.9. The Bertz CT molecular complexity index is 1520. The van der Waals surface area contributed by atoms with Crippen molar-refractivity contribution in [2.45, 2.75) is 12.8 Å². The largest absolute Gasteiger partial charge is 0.366 e. The third-order valence-electron chi connectivity index (χ3n) is 5.93. The van der Waals surface area contributed by atoms with Gasteiger partial charge in [-0.2, -0.15) is 0 Å². The lowest BCUT2D eigenvalue weighted by atomic mass is 10.1. The van der Waals surface area contributed by atoms with Gasteiger partial charge in [0.2, 0.25) is 0 Å². The number of aromatic nitrogens is 1. The molecule has 1 aromatic heterocycles. The molecule has 188 valence electrons. The van der Waals surface area contributed by atoms with Gasteiger partial charge in [-0.25, -0.2) is 4.98 Å². The van der Waals surface area contributed by atoms with E-state index < -0.39 is 10.8 Å². The lowest BCUT2D eigenvalue weighted by Gasteiger charge is -2.18. The first kappa shape index (κ1) is 25.7. The minimum atomic E-state index is -0.539. The first-order valence-corrected chi connectivity index (χ1v) is 14.1. The van der Waals surface area contributed by atoms with E-state index in [0.717, 1.165) is 55.7 Å². The summed E-state index contributed by atoms with van der Waals surface area (Å²) in [5, 5.41) is 18.3. The van der Waals surface area contributed by atoms with Crippen LogP contribution in [0.4, 0.5) is 17.1 Å². The molecule has 12 heteroatoms. The molecular formula is C25H19Br2N5O3S2. The summed E-state index contributed by atoms with van der Waals surface area (Å²) < 4.78 is 2.62. The highest BCUT2D eigenvalue weighted by Gasteiger charge is 2.24. The van der Waals surface area contributed by atoms with Gasteiger partial charge in [0.25, 0.3) is 11.6 Å². The maximum atomic E-state index is 13.0. The minimum absolute atomic E-state index is 0.0571. The first-order valence-electron chi connectivity index (χ1n) is 11.3. The predicted octanol–water partition coefficient (Wildman–Crippen LogP) is 7.12. The zero-order valence-electron chi connectivity index (χ0n) is 19.2. The van der Waals surface area contributed by atoms with Crippen molar-refractivity contribution in [2.75, 3.05) is 23.3 Å². The van der Waals surface area contributed by atoms with Gasteiger partial charge in [0.15, 0.2) is 5.11 Å². The number of carbonyl (C=O) groups excluding carboxylic acids is 1. The molecule has 3 aromatic carbocycles. The molecule has 0 atom stereocenters. The molecule has 0 radical (unpaired) electrons. The van der Waals surface area contributed by atoms with E-state index in [1.54, 1.807) is 23.5 Å². The van der Waals surface area contributed by atoms with Gasteiger partial charge in [0, 0.05) is 39.2 Å². The van der Waals surface area contributed by atoms with E-state index in [0.29, 0.717) is 11.4 Å². The number of fused-ring (bicyclic) bond motifs is 1. The molecule has 4 aromatic rings. The number of nitro benzene ring substituents is 1. The van der Waals surface area contributed by atoms with Crippen LogP contribution in [-0.2, 0) is 0 Å². The molecule has 8 nitrogen and oxygen atoms in total. The number of para-hydroxylation sites is 1. The van der Waals surface area contributed by atoms with Crippen molar-refractivity contribution in [1.82, 2.24) is 10.3 Å². The van der Waals surface area contributed by atoms with Crippen LogP contribution in [0.3, 0.4) is 0 Å². The summed E-state index contributed by atoms with van der Waals surface area (Å²) in [6, 6.07) is 16.2. The number of anilines is 2. The second-order valence-electron chi connectivity index (χ2n) is 8.36. The smallest absolute Gasteiger partial charge is 0.293 e. The summed E-state index contributed by atoms with van der Waals surface area (Å²) in [6.45, 7) is 1.53. The standard InChI is InChI=1S/C25H19Br2N5O3S2/c26-15-12-16(24-28-18-5-1-2-6-21(18)37-24)22(17(27)13-15)29-25(36)30-23(33)14-7-8-19(20(11-14)32(34)35)31-9-3-4-10-31/h1-2,5-8,11-13H,3-4,9-10H2,(H2,29,30,33,36). The van der Waals surface area contributed by atoms with Gasteiger partial charge in [0.05, 0.1) is 20.8 Å². The van der Waals surface area contributed by atoms with Gasteiger partial charge in [-0.3, -0.25) is 20.2 Å². The van der Waals surface area contributed by atoms with Gasteiger partial charge >= 0.3 is 0 Å². The number of thiocarbonyl (C=S) groups is 1. The number of thiazole rings is 1. The van der Waals surface area contributed by atoms with Gasteiger partial charge in [-0.05, 0) is 77.4 Å². The molecule has 1 saturated heterocycles. The molecule has 1 aliphatic rings. The quantitative estimate of drug-likeness (QED) is 0.134. The number of nitro groups is 1. The number of halogens is 2. The Morgan fingerprint density at radius 2 is 1.86 bits per heavy atom. The average molecular weight is 661 g/mol. The number of hydrogen-bond acceptors (Lipinski definition) is 7. The van der Waals surface area contributed by atoms with Crippen molar-refractivity contribution in [1.29, 1.82) is 0 Å². The van der Waals surface area contributed by atoms with Gasteiger partial charge in [-0.15, -0.1) is 11.3 Å². The molecule has 2 N–H and O–H groups in total. The SMILES string of the molecule is O=C(NC(=S)Nc1c(Br)cc(Br)cc1-c1nc2ccccc2s1)c1ccc(N2CCCC2)c([N+](=O)[O-])c1. The van der Waals surface area contributed by atoms with Crippen LogP contribution in [0, 0.1) is 10.1 Å². The number of benzene rings is 3. The van der Waals surface area contributed by atoms with E-state index in [1.165, 1.54) is 6.07 Å². The summed E-state index contributed by atoms with van der Waals surface area (Å²) in [6.07, 6.45) is 1.98. The number of hydrogen-bond donors (Lipinski definition) is 2. The van der Waals surface area contributed by atoms with E-state index >= 15 is 0 Å². The summed E-state index contributed by atoms with van der Waals surface area (Å²) >= 11 is 14.1. The zero-order chi connectivity index (χ0) is 26.1. The van der Waals surface area contributed by atoms with Crippen molar-refractivity contribution in [3.8, 4) is 10.6 Å². The fraction of sp³-hybridized carbons (Fsp3) is 0.160. The third-order valence-corrected chi connectivity index (χ3v) is 8.28. The first-order chi connectivity index (χ1) is 17.8. The number of nitrogens with one attached hydrogen (secondary N) is 2. The molecule has 0 saturated carbocycles. The van der Waals surface area contributed by atoms with Crippen molar-refractivity contribution in [3.63, 3.8) is 0 Å². The monoisotopic (exact) mass is 659 g/mol. The number of nitrogens with zero attached hydrogens (tertiary/aromatic N) is 3. The Hall–Kier alpha value is -2.93. The highest BCUT2D eigenvalue weighted by atomic mass is 79.9. The van der Waals surface area contributed by atoms with Gasteiger partial charge in [-0.1, -0.05) is 28.1 Å². The van der Waals surface area contributed by atoms with E-state index in [-0.39, 0.29) is 16.4 Å². The van der Waals surface area contributed by atoms with E-state index in [2.05, 4.69) is 42.5 Å². The van der Waals surface area contributed by atoms with Crippen molar-refractivity contribution in [2.24, 2.45) is 0 Å². The summed E-state index contributed by atoms with van der Waals surface area (Å²) in [5.41, 5.74) is 2.91. The lowest BCUT2D eigenvalue weighted by molar-refractivity contribution is -0.384. The fourth-order valence-electron chi connectivity index (χ4n) is 4.21. The lowest BCUT2D eigenvalue weighted by Crippen LogP contribution is -2.34. The summed E-state index contributed by atoms with van der Waals surface area (Å²) in [5.74, 6) is -0.539. The highest BCUT2D eigenvalue weighted by molar-refractivity contribution is 9.11. The predicted molar refractivity (Wildman–Crippen MR) is 159 cm³/mol. The topological polar surface area (TPSA) is 100 Å². The second-order valence-corrected chi connectivity index (χ2v) is 11.6. The number of amides is 1. The zero-order valence-corrected chi connectivity index (χ0v) is 24.0. The second kappa shape index (κ2) is 10.8. The highest BCUT2D eigenvalue weighted by Crippen LogP contribution is 2.40. The van der Waals surface area contributed by atoms with Crippen LogP contribution in [0.2, 0.25) is 0 Å². The minimum Gasteiger partial charge on any atom is -0.366 e. The molecule has 37 heavy (non-hydrogen) atoms. The summed E-state index contributed by atoms with van der Waals surface area (Å²) in [7, 11) is 0. The Morgan fingerprint density at radius 1 is 1.11 bits per heavy atom. The average Bonchev–Trinajstić information content (AvgIpc) is 3.55. The molecule has 2 heterocycles. The Kier molecular flexibility index (Phi) is 7.52. The van der Waals surface area contributed by atoms with Gasteiger partial charge < -0.3 is 10.2 Å². The van der Waals surface area contributed by atoms with Crippen molar-refractivity contribution >= 4 is 93.7 Å². The molecule has 5 rings (SSSR count). The maximum absolute atomic E-state index is 13.0. The van der Waals surface area contributed by atoms with Crippen LogP contribution in [0.1, 0.15) is 23.2 Å². The molecule has 1 aliphatic heterocycles. The molecule has 0 bridgehead atoms. The van der Waals surface area contributed by atoms with E-state index in [9.17, 15) is 14.9 Å². The van der Waals surface area contributed by atoms with Crippen LogP contribution < -0.4 is 15.5 Å². The number of carbonyl (C=O) groups is 1. The Labute approximate surface area is 238 Å². The van der Waals surface area contributed by atoms with Crippen LogP contribution in [0.5, 0.6) is 0 Å². The number of rotatable bonds is 5. The fourth-order valence-corrected chi connectivity index (χ4v) is 6.72. The van der Waals surface area contributed by atoms with Crippen LogP contribution in [0.15, 0.2) is 63.5 Å². The normalized spacial score (nSPS) is 13.1. The molecule has 1 fully saturated rings. The molecular weight excluding hydrogens is 642 g/mol. The van der Waals surface area contributed by atoms with Crippen molar-refractivity contribution in [3.05, 3.63) is 79.2 Å². The third kappa shape index (κ3) is 5.52. The van der Waals surface area contributed by atoms with Crippen LogP contribution >= 0.6 is 55.4 Å². The van der Waals surface area contributed by atoms with E-state index in [4.69, 9.17) is 17.2 Å². The Balaban J connectivity index is 1.38. The van der Waals surface area contributed by atoms with Crippen LogP contribution in [0.25, 0.3) is 20.8 Å². The van der Waals surface area contributed by atoms with E-state index in [1.807, 2.05) is 41.3 Å². The van der Waals surface area contributed by atoms with Gasteiger partial charge in [0.1, 0.15) is 10.7 Å². The maximum Gasteiger partial charge on any atom is 0.293 e. The van der Waals surface area contributed by atoms with Crippen molar-refractivity contribution < 1.29 is 9.72 Å². The molecule has 1 amide bonds. The molecule has 0 spiro atoms.